The number of unbranched alkanes of at least 4 members (excludes halogenated alkanes) is 29. The molecule has 0 aliphatic carbocycles. The van der Waals surface area contributed by atoms with E-state index in [0.29, 0.717) is 12.8 Å². The van der Waals surface area contributed by atoms with Gasteiger partial charge in [0.05, 0.1) is 0 Å². The zero-order chi connectivity index (χ0) is 55.7. The van der Waals surface area contributed by atoms with Crippen LogP contribution in [0.4, 0.5) is 0 Å². The van der Waals surface area contributed by atoms with E-state index in [1.54, 1.807) is 0 Å². The quantitative estimate of drug-likeness (QED) is 0.0261. The number of carbonyl (C=O) groups is 3. The van der Waals surface area contributed by atoms with E-state index in [2.05, 4.69) is 130 Å². The first kappa shape index (κ1) is 73.1. The molecule has 0 radical (unpaired) electrons. The number of rotatable bonds is 58. The molecule has 0 aliphatic heterocycles. The predicted molar refractivity (Wildman–Crippen MR) is 334 cm³/mol. The third-order valence-electron chi connectivity index (χ3n) is 13.7. The molecule has 1 unspecified atom stereocenters. The minimum absolute atomic E-state index is 0.0955. The summed E-state index contributed by atoms with van der Waals surface area (Å²) in [7, 11) is 0. The van der Waals surface area contributed by atoms with Crippen molar-refractivity contribution < 1.29 is 28.6 Å². The van der Waals surface area contributed by atoms with Crippen LogP contribution in [0.15, 0.2) is 109 Å². The van der Waals surface area contributed by atoms with Gasteiger partial charge in [0.2, 0.25) is 0 Å². The molecule has 0 aromatic rings. The molecule has 0 saturated carbocycles. The van der Waals surface area contributed by atoms with Crippen molar-refractivity contribution >= 4 is 17.9 Å². The van der Waals surface area contributed by atoms with E-state index in [1.807, 2.05) is 0 Å². The van der Waals surface area contributed by atoms with Gasteiger partial charge >= 0.3 is 17.9 Å². The zero-order valence-electron chi connectivity index (χ0n) is 50.4. The van der Waals surface area contributed by atoms with Crippen LogP contribution in [-0.2, 0) is 28.6 Å². The standard InChI is InChI=1S/C71H120O6/c1-4-7-10-13-16-19-22-25-28-31-33-34-35-36-38-40-43-46-49-52-55-58-61-64-70(73)76-67-68(66-75-69(72)63-60-57-54-51-48-45-42-39-30-27-24-21-18-15-12-9-6-3)77-71(74)65-62-59-56-53-50-47-44-41-37-32-29-26-23-20-17-14-11-8-5-2/h8-9,11-12,17-18,20-21,26-27,29-31,33,37,41,47,50,68H,4-7,10,13-16,19,22-25,28,32,34-36,38-40,42-46,48-49,51-67H2,1-3H3/b11-8-,12-9-,20-17-,21-18-,29-26-,30-27-,33-31-,41-37-,50-47-. The Morgan fingerprint density at radius 3 is 0.818 bits per heavy atom. The largest absolute Gasteiger partial charge is 0.462 e. The smallest absolute Gasteiger partial charge is 0.306 e. The summed E-state index contributed by atoms with van der Waals surface area (Å²) in [6, 6.07) is 0. The minimum Gasteiger partial charge on any atom is -0.462 e. The van der Waals surface area contributed by atoms with Gasteiger partial charge in [-0.3, -0.25) is 14.4 Å². The maximum absolute atomic E-state index is 12.9. The molecule has 6 heteroatoms. The Kier molecular flexibility index (Phi) is 61.3. The van der Waals surface area contributed by atoms with Crippen LogP contribution in [0.25, 0.3) is 0 Å². The number of allylic oxidation sites excluding steroid dienone is 18. The Bertz CT molecular complexity index is 1560. The molecule has 0 amide bonds. The van der Waals surface area contributed by atoms with E-state index in [0.717, 1.165) is 122 Å². The molecular formula is C71H120O6. The van der Waals surface area contributed by atoms with E-state index in [9.17, 15) is 14.4 Å². The minimum atomic E-state index is -0.804. The number of carbonyl (C=O) groups excluding carboxylic acids is 3. The van der Waals surface area contributed by atoms with Gasteiger partial charge in [0.25, 0.3) is 0 Å². The van der Waals surface area contributed by atoms with E-state index >= 15 is 0 Å². The van der Waals surface area contributed by atoms with Gasteiger partial charge in [-0.05, 0) is 122 Å². The van der Waals surface area contributed by atoms with Crippen LogP contribution < -0.4 is 0 Å². The first-order valence-corrected chi connectivity index (χ1v) is 32.4. The molecule has 1 atom stereocenters. The van der Waals surface area contributed by atoms with Crippen LogP contribution in [0.2, 0.25) is 0 Å². The summed E-state index contributed by atoms with van der Waals surface area (Å²) in [4.78, 5) is 38.4. The van der Waals surface area contributed by atoms with Crippen molar-refractivity contribution in [2.24, 2.45) is 0 Å². The summed E-state index contributed by atoms with van der Waals surface area (Å²) in [6.07, 6.45) is 88.1. The first-order chi connectivity index (χ1) is 38.0. The topological polar surface area (TPSA) is 78.9 Å². The fourth-order valence-electron chi connectivity index (χ4n) is 8.95. The van der Waals surface area contributed by atoms with Crippen LogP contribution in [0.5, 0.6) is 0 Å². The summed E-state index contributed by atoms with van der Waals surface area (Å²) in [5, 5.41) is 0. The van der Waals surface area contributed by atoms with Crippen molar-refractivity contribution in [3.63, 3.8) is 0 Å². The van der Waals surface area contributed by atoms with Crippen molar-refractivity contribution in [2.45, 2.75) is 309 Å². The van der Waals surface area contributed by atoms with Gasteiger partial charge in [-0.25, -0.2) is 0 Å². The molecule has 0 N–H and O–H groups in total. The number of hydrogen-bond donors (Lipinski definition) is 0. The molecule has 0 rings (SSSR count). The third-order valence-corrected chi connectivity index (χ3v) is 13.7. The molecule has 0 aliphatic rings. The predicted octanol–water partition coefficient (Wildman–Crippen LogP) is 22.2. The van der Waals surface area contributed by atoms with Gasteiger partial charge in [0, 0.05) is 19.3 Å². The van der Waals surface area contributed by atoms with Crippen molar-refractivity contribution in [3.8, 4) is 0 Å². The van der Waals surface area contributed by atoms with Crippen LogP contribution in [0.1, 0.15) is 303 Å². The molecule has 0 spiro atoms. The summed E-state index contributed by atoms with van der Waals surface area (Å²) >= 11 is 0. The lowest BCUT2D eigenvalue weighted by molar-refractivity contribution is -0.167. The average Bonchev–Trinajstić information content (AvgIpc) is 3.43. The third kappa shape index (κ3) is 62.8. The zero-order valence-corrected chi connectivity index (χ0v) is 50.4. The number of esters is 3. The second-order valence-corrected chi connectivity index (χ2v) is 21.3. The van der Waals surface area contributed by atoms with Crippen LogP contribution in [-0.4, -0.2) is 37.2 Å². The van der Waals surface area contributed by atoms with Crippen LogP contribution in [0.3, 0.4) is 0 Å². The highest BCUT2D eigenvalue weighted by atomic mass is 16.6. The monoisotopic (exact) mass is 1070 g/mol. The second-order valence-electron chi connectivity index (χ2n) is 21.3. The molecule has 6 nitrogen and oxygen atoms in total. The van der Waals surface area contributed by atoms with Gasteiger partial charge in [-0.1, -0.05) is 271 Å². The molecule has 0 saturated heterocycles. The summed E-state index contributed by atoms with van der Waals surface area (Å²) < 4.78 is 16.9. The Balaban J connectivity index is 4.42. The molecule has 0 fully saturated rings. The van der Waals surface area contributed by atoms with Crippen molar-refractivity contribution in [1.29, 1.82) is 0 Å². The lowest BCUT2D eigenvalue weighted by Gasteiger charge is -2.18. The van der Waals surface area contributed by atoms with Gasteiger partial charge in [0.1, 0.15) is 13.2 Å². The van der Waals surface area contributed by atoms with Gasteiger partial charge in [-0.2, -0.15) is 0 Å². The van der Waals surface area contributed by atoms with Crippen LogP contribution >= 0.6 is 0 Å². The fourth-order valence-corrected chi connectivity index (χ4v) is 8.95. The Hall–Kier alpha value is -3.93. The summed E-state index contributed by atoms with van der Waals surface area (Å²) in [6.45, 7) is 6.41. The normalized spacial score (nSPS) is 12.8. The van der Waals surface area contributed by atoms with Gasteiger partial charge in [-0.15, -0.1) is 0 Å². The maximum atomic E-state index is 12.9. The number of ether oxygens (including phenoxy) is 3. The molecule has 0 heterocycles. The highest BCUT2D eigenvalue weighted by Crippen LogP contribution is 2.16. The summed E-state index contributed by atoms with van der Waals surface area (Å²) in [5.74, 6) is -0.931. The van der Waals surface area contributed by atoms with Crippen molar-refractivity contribution in [2.75, 3.05) is 13.2 Å². The highest BCUT2D eigenvalue weighted by molar-refractivity contribution is 5.71. The highest BCUT2D eigenvalue weighted by Gasteiger charge is 2.19. The number of hydrogen-bond acceptors (Lipinski definition) is 6. The Morgan fingerprint density at radius 2 is 0.506 bits per heavy atom. The maximum Gasteiger partial charge on any atom is 0.306 e. The summed E-state index contributed by atoms with van der Waals surface area (Å²) in [5.41, 5.74) is 0. The SMILES string of the molecule is CC/C=C\C/C=C\C/C=C\C/C=C\C/C=C\CCCCCC(=O)OC(COC(=O)CCCCCCCCC/C=C\C/C=C\C/C=C\CC)COC(=O)CCCCCCCCCCCCC/C=C\CCCCCCCCCC. The second kappa shape index (κ2) is 64.6. The Labute approximate surface area is 476 Å². The lowest BCUT2D eigenvalue weighted by Crippen LogP contribution is -2.30. The molecule has 0 aromatic heterocycles. The van der Waals surface area contributed by atoms with E-state index in [1.165, 1.54) is 141 Å². The van der Waals surface area contributed by atoms with E-state index in [4.69, 9.17) is 14.2 Å². The Morgan fingerprint density at radius 1 is 0.273 bits per heavy atom. The fraction of sp³-hybridized carbons (Fsp3) is 0.704. The first-order valence-electron chi connectivity index (χ1n) is 32.4. The molecule has 0 bridgehead atoms. The molecule has 440 valence electrons. The van der Waals surface area contributed by atoms with E-state index in [-0.39, 0.29) is 37.5 Å². The lowest BCUT2D eigenvalue weighted by atomic mass is 10.0. The van der Waals surface area contributed by atoms with Crippen molar-refractivity contribution in [3.05, 3.63) is 109 Å². The molecule has 0 aromatic carbocycles. The van der Waals surface area contributed by atoms with Gasteiger partial charge < -0.3 is 14.2 Å². The molecular weight excluding hydrogens is 949 g/mol. The van der Waals surface area contributed by atoms with E-state index < -0.39 is 6.10 Å². The van der Waals surface area contributed by atoms with Crippen molar-refractivity contribution in [1.82, 2.24) is 0 Å². The van der Waals surface area contributed by atoms with Gasteiger partial charge in [0.15, 0.2) is 6.10 Å². The molecule has 77 heavy (non-hydrogen) atoms. The van der Waals surface area contributed by atoms with Crippen LogP contribution in [0, 0.1) is 0 Å². The average molecular weight is 1070 g/mol.